The van der Waals surface area contributed by atoms with Crippen LogP contribution in [0.15, 0.2) is 0 Å². The number of amides is 1. The minimum absolute atomic E-state index is 0.176. The Hall–Kier alpha value is -0.770. The Bertz CT molecular complexity index is 337. The maximum absolute atomic E-state index is 12.1. The molecule has 4 heteroatoms. The van der Waals surface area contributed by atoms with Crippen LogP contribution < -0.4 is 5.73 Å². The van der Waals surface area contributed by atoms with Gasteiger partial charge in [0.1, 0.15) is 5.60 Å². The van der Waals surface area contributed by atoms with E-state index in [9.17, 15) is 4.79 Å². The van der Waals surface area contributed by atoms with Crippen LogP contribution in [0.1, 0.15) is 47.0 Å². The van der Waals surface area contributed by atoms with Crippen LogP contribution in [0.2, 0.25) is 0 Å². The summed E-state index contributed by atoms with van der Waals surface area (Å²) in [6, 6.07) is 0.320. The molecule has 0 radical (unpaired) electrons. The van der Waals surface area contributed by atoms with Gasteiger partial charge in [0.25, 0.3) is 0 Å². The van der Waals surface area contributed by atoms with Crippen molar-refractivity contribution in [1.82, 2.24) is 4.90 Å². The Balaban J connectivity index is 1.93. The minimum Gasteiger partial charge on any atom is -0.444 e. The summed E-state index contributed by atoms with van der Waals surface area (Å²) in [5.41, 5.74) is 5.86. The lowest BCUT2D eigenvalue weighted by atomic mass is 9.83. The highest BCUT2D eigenvalue weighted by atomic mass is 16.6. The number of nitrogens with zero attached hydrogens (tertiary/aromatic N) is 1. The van der Waals surface area contributed by atoms with Gasteiger partial charge in [0, 0.05) is 19.1 Å². The van der Waals surface area contributed by atoms with Crippen LogP contribution in [-0.4, -0.2) is 35.7 Å². The van der Waals surface area contributed by atoms with Crippen LogP contribution in [0.3, 0.4) is 0 Å². The molecule has 2 N–H and O–H groups in total. The molecule has 0 bridgehead atoms. The molecule has 1 aliphatic heterocycles. The van der Waals surface area contributed by atoms with Crippen molar-refractivity contribution in [1.29, 1.82) is 0 Å². The van der Waals surface area contributed by atoms with Crippen molar-refractivity contribution >= 4 is 6.09 Å². The van der Waals surface area contributed by atoms with Crippen LogP contribution in [0.25, 0.3) is 0 Å². The number of piperidine rings is 1. The molecule has 3 atom stereocenters. The topological polar surface area (TPSA) is 55.6 Å². The van der Waals surface area contributed by atoms with Crippen molar-refractivity contribution in [2.45, 2.75) is 58.6 Å². The molecule has 1 saturated carbocycles. The Morgan fingerprint density at radius 2 is 2.06 bits per heavy atom. The van der Waals surface area contributed by atoms with E-state index in [1.165, 1.54) is 6.42 Å². The average molecular weight is 254 g/mol. The zero-order valence-electron chi connectivity index (χ0n) is 12.0. The van der Waals surface area contributed by atoms with Crippen molar-refractivity contribution in [2.75, 3.05) is 13.1 Å². The van der Waals surface area contributed by atoms with Gasteiger partial charge >= 0.3 is 6.09 Å². The molecule has 18 heavy (non-hydrogen) atoms. The molecule has 1 saturated heterocycles. The summed E-state index contributed by atoms with van der Waals surface area (Å²) in [5, 5.41) is 0. The first-order chi connectivity index (χ1) is 8.22. The smallest absolute Gasteiger partial charge is 0.410 e. The van der Waals surface area contributed by atoms with Gasteiger partial charge < -0.3 is 15.4 Å². The van der Waals surface area contributed by atoms with Gasteiger partial charge in [-0.2, -0.15) is 0 Å². The summed E-state index contributed by atoms with van der Waals surface area (Å²) in [7, 11) is 0. The largest absolute Gasteiger partial charge is 0.444 e. The van der Waals surface area contributed by atoms with Gasteiger partial charge in [0.2, 0.25) is 0 Å². The highest BCUT2D eigenvalue weighted by Crippen LogP contribution is 2.52. The molecule has 2 rings (SSSR count). The van der Waals surface area contributed by atoms with Crippen molar-refractivity contribution in [3.8, 4) is 0 Å². The molecular weight excluding hydrogens is 228 g/mol. The maximum Gasteiger partial charge on any atom is 0.410 e. The molecule has 0 aromatic rings. The number of hydrogen-bond donors (Lipinski definition) is 1. The van der Waals surface area contributed by atoms with E-state index in [0.29, 0.717) is 12.0 Å². The number of nitrogens with two attached hydrogens (primary N) is 1. The SMILES string of the molecule is CC(C)(C)OC(=O)N1CCCC([C@@]2(C)C[C@@H]2N)C1. The van der Waals surface area contributed by atoms with Crippen LogP contribution in [-0.2, 0) is 4.74 Å². The predicted molar refractivity (Wildman–Crippen MR) is 71.2 cm³/mol. The molecule has 104 valence electrons. The fraction of sp³-hybridized carbons (Fsp3) is 0.929. The van der Waals surface area contributed by atoms with E-state index in [1.807, 2.05) is 25.7 Å². The standard InChI is InChI=1S/C14H26N2O2/c1-13(2,3)18-12(17)16-7-5-6-10(9-16)14(4)8-11(14)15/h10-11H,5-9,15H2,1-4H3/t10?,11-,14+/m0/s1. The molecule has 1 amide bonds. The van der Waals surface area contributed by atoms with Crippen LogP contribution in [0.4, 0.5) is 4.79 Å². The third kappa shape index (κ3) is 2.79. The third-order valence-electron chi connectivity index (χ3n) is 4.35. The van der Waals surface area contributed by atoms with Gasteiger partial charge in [0.05, 0.1) is 0 Å². The van der Waals surface area contributed by atoms with E-state index >= 15 is 0 Å². The van der Waals surface area contributed by atoms with Gasteiger partial charge in [-0.15, -0.1) is 0 Å². The average Bonchev–Trinajstić information content (AvgIpc) is 2.86. The van der Waals surface area contributed by atoms with Crippen LogP contribution in [0.5, 0.6) is 0 Å². The lowest BCUT2D eigenvalue weighted by Gasteiger charge is -2.37. The first-order valence-corrected chi connectivity index (χ1v) is 6.96. The third-order valence-corrected chi connectivity index (χ3v) is 4.35. The monoisotopic (exact) mass is 254 g/mol. The van der Waals surface area contributed by atoms with E-state index in [2.05, 4.69) is 6.92 Å². The molecular formula is C14H26N2O2. The summed E-state index contributed by atoms with van der Waals surface area (Å²) in [6.07, 6.45) is 3.17. The number of ether oxygens (including phenoxy) is 1. The number of carbonyl (C=O) groups is 1. The summed E-state index contributed by atoms with van der Waals surface area (Å²) in [5.74, 6) is 0.536. The summed E-state index contributed by atoms with van der Waals surface area (Å²) >= 11 is 0. The van der Waals surface area contributed by atoms with Crippen molar-refractivity contribution < 1.29 is 9.53 Å². The molecule has 2 fully saturated rings. The Labute approximate surface area is 110 Å². The Morgan fingerprint density at radius 1 is 1.44 bits per heavy atom. The first kappa shape index (κ1) is 13.7. The molecule has 1 unspecified atom stereocenters. The van der Waals surface area contributed by atoms with E-state index in [-0.39, 0.29) is 11.5 Å². The highest BCUT2D eigenvalue weighted by Gasteiger charge is 2.53. The number of carbonyl (C=O) groups excluding carboxylic acids is 1. The predicted octanol–water partition coefficient (Wildman–Crippen LogP) is 2.37. The number of likely N-dealkylation sites (tertiary alicyclic amines) is 1. The Morgan fingerprint density at radius 3 is 2.56 bits per heavy atom. The van der Waals surface area contributed by atoms with Crippen molar-refractivity contribution in [2.24, 2.45) is 17.1 Å². The second-order valence-electron chi connectivity index (χ2n) is 7.08. The van der Waals surface area contributed by atoms with Crippen molar-refractivity contribution in [3.05, 3.63) is 0 Å². The van der Waals surface area contributed by atoms with Gasteiger partial charge in [-0.1, -0.05) is 6.92 Å². The zero-order valence-corrected chi connectivity index (χ0v) is 12.0. The zero-order chi connectivity index (χ0) is 13.6. The lowest BCUT2D eigenvalue weighted by Crippen LogP contribution is -2.45. The Kier molecular flexibility index (Phi) is 3.34. The molecule has 0 spiro atoms. The van der Waals surface area contributed by atoms with Gasteiger partial charge in [0.15, 0.2) is 0 Å². The van der Waals surface area contributed by atoms with Gasteiger partial charge in [-0.3, -0.25) is 0 Å². The minimum atomic E-state index is -0.413. The second kappa shape index (κ2) is 4.41. The van der Waals surface area contributed by atoms with Crippen molar-refractivity contribution in [3.63, 3.8) is 0 Å². The molecule has 2 aliphatic rings. The number of hydrogen-bond acceptors (Lipinski definition) is 3. The van der Waals surface area contributed by atoms with Gasteiger partial charge in [-0.25, -0.2) is 4.79 Å². The molecule has 0 aromatic heterocycles. The van der Waals surface area contributed by atoms with Crippen LogP contribution >= 0.6 is 0 Å². The molecule has 1 aliphatic carbocycles. The van der Waals surface area contributed by atoms with E-state index < -0.39 is 5.60 Å². The quantitative estimate of drug-likeness (QED) is 0.781. The molecule has 4 nitrogen and oxygen atoms in total. The first-order valence-electron chi connectivity index (χ1n) is 6.96. The van der Waals surface area contributed by atoms with E-state index in [1.54, 1.807) is 0 Å². The van der Waals surface area contributed by atoms with E-state index in [0.717, 1.165) is 25.9 Å². The summed E-state index contributed by atoms with van der Waals surface area (Å²) in [6.45, 7) is 9.59. The second-order valence-corrected chi connectivity index (χ2v) is 7.08. The molecule has 0 aromatic carbocycles. The fourth-order valence-electron chi connectivity index (χ4n) is 2.89. The maximum atomic E-state index is 12.1. The fourth-order valence-corrected chi connectivity index (χ4v) is 2.89. The normalized spacial score (nSPS) is 36.4. The van der Waals surface area contributed by atoms with Crippen LogP contribution in [0, 0.1) is 11.3 Å². The van der Waals surface area contributed by atoms with Gasteiger partial charge in [-0.05, 0) is 51.4 Å². The molecule has 1 heterocycles. The summed E-state index contributed by atoms with van der Waals surface area (Å²) < 4.78 is 5.44. The highest BCUT2D eigenvalue weighted by molar-refractivity contribution is 5.68. The lowest BCUT2D eigenvalue weighted by molar-refractivity contribution is 0.0122. The summed E-state index contributed by atoms with van der Waals surface area (Å²) in [4.78, 5) is 13.9. The van der Waals surface area contributed by atoms with E-state index in [4.69, 9.17) is 10.5 Å². The number of rotatable bonds is 1.